The van der Waals surface area contributed by atoms with Crippen molar-refractivity contribution < 1.29 is 0 Å². The van der Waals surface area contributed by atoms with E-state index in [0.29, 0.717) is 0 Å². The summed E-state index contributed by atoms with van der Waals surface area (Å²) in [5, 5.41) is 0. The fourth-order valence-corrected chi connectivity index (χ4v) is 4.88. The van der Waals surface area contributed by atoms with E-state index in [0.717, 1.165) is 0 Å². The second-order valence-corrected chi connectivity index (χ2v) is 10.1. The first-order valence-electron chi connectivity index (χ1n) is 14.4. The third-order valence-corrected chi connectivity index (χ3v) is 7.16. The van der Waals surface area contributed by atoms with Gasteiger partial charge in [0.15, 0.2) is 0 Å². The van der Waals surface area contributed by atoms with E-state index in [1.165, 1.54) is 141 Å². The quantitative estimate of drug-likeness (QED) is 0.161. The molecule has 0 fully saturated rings. The monoisotopic (exact) mass is 428 g/mol. The highest BCUT2D eigenvalue weighted by molar-refractivity contribution is 5.34. The molecule has 31 heavy (non-hydrogen) atoms. The predicted molar refractivity (Wildman–Crippen MR) is 142 cm³/mol. The van der Waals surface area contributed by atoms with Gasteiger partial charge in [-0.15, -0.1) is 0 Å². The molecule has 0 bridgehead atoms. The average Bonchev–Trinajstić information content (AvgIpc) is 2.78. The Morgan fingerprint density at radius 3 is 1.03 bits per heavy atom. The van der Waals surface area contributed by atoms with Crippen molar-refractivity contribution in [1.82, 2.24) is 0 Å². The average molecular weight is 429 g/mol. The minimum absolute atomic E-state index is 1.29. The van der Waals surface area contributed by atoms with Gasteiger partial charge in [0.2, 0.25) is 0 Å². The van der Waals surface area contributed by atoms with Crippen LogP contribution in [0.25, 0.3) is 0 Å². The summed E-state index contributed by atoms with van der Waals surface area (Å²) in [5.74, 6) is 0. The molecule has 0 aromatic heterocycles. The van der Waals surface area contributed by atoms with Gasteiger partial charge in [-0.3, -0.25) is 0 Å². The lowest BCUT2D eigenvalue weighted by atomic mass is 9.94. The first-order chi connectivity index (χ1) is 15.3. The molecule has 0 aliphatic carbocycles. The van der Waals surface area contributed by atoms with Gasteiger partial charge in [0, 0.05) is 0 Å². The summed E-state index contributed by atoms with van der Waals surface area (Å²) in [6.07, 6.45) is 31.1. The third-order valence-electron chi connectivity index (χ3n) is 7.16. The summed E-state index contributed by atoms with van der Waals surface area (Å²) < 4.78 is 0. The minimum atomic E-state index is 1.29. The van der Waals surface area contributed by atoms with Crippen LogP contribution >= 0.6 is 0 Å². The molecule has 1 aromatic rings. The maximum atomic E-state index is 2.38. The molecule has 1 aromatic carbocycles. The van der Waals surface area contributed by atoms with Crippen molar-refractivity contribution in [3.63, 3.8) is 0 Å². The zero-order chi connectivity index (χ0) is 22.4. The van der Waals surface area contributed by atoms with Gasteiger partial charge < -0.3 is 0 Å². The minimum Gasteiger partial charge on any atom is -0.0654 e. The zero-order valence-electron chi connectivity index (χ0n) is 21.8. The smallest absolute Gasteiger partial charge is 0.0276 e. The Bertz CT molecular complexity index is 459. The Labute approximate surface area is 197 Å². The first kappa shape index (κ1) is 28.3. The molecule has 0 heteroatoms. The number of unbranched alkanes of at least 4 members (excludes halogenated alkanes) is 18. The Morgan fingerprint density at radius 2 is 0.710 bits per heavy atom. The maximum Gasteiger partial charge on any atom is -0.0276 e. The lowest BCUT2D eigenvalue weighted by Crippen LogP contribution is -1.97. The Kier molecular flexibility index (Phi) is 19.2. The summed E-state index contributed by atoms with van der Waals surface area (Å²) in [6, 6.07) is 7.07. The highest BCUT2D eigenvalue weighted by Crippen LogP contribution is 2.20. The fourth-order valence-electron chi connectivity index (χ4n) is 4.88. The molecule has 0 saturated heterocycles. The zero-order valence-corrected chi connectivity index (χ0v) is 21.8. The summed E-state index contributed by atoms with van der Waals surface area (Å²) in [5.41, 5.74) is 4.82. The van der Waals surface area contributed by atoms with Crippen LogP contribution in [0.1, 0.15) is 159 Å². The van der Waals surface area contributed by atoms with Gasteiger partial charge in [-0.2, -0.15) is 0 Å². The van der Waals surface area contributed by atoms with Crippen LogP contribution in [-0.2, 0) is 12.8 Å². The van der Waals surface area contributed by atoms with Gasteiger partial charge in [-0.25, -0.2) is 0 Å². The second-order valence-electron chi connectivity index (χ2n) is 10.1. The molecule has 0 heterocycles. The molecule has 1 rings (SSSR count). The van der Waals surface area contributed by atoms with Crippen LogP contribution < -0.4 is 0 Å². The van der Waals surface area contributed by atoms with E-state index >= 15 is 0 Å². The fraction of sp³-hybridized carbons (Fsp3) is 0.806. The lowest BCUT2D eigenvalue weighted by molar-refractivity contribution is 0.555. The van der Waals surface area contributed by atoms with E-state index in [9.17, 15) is 0 Å². The van der Waals surface area contributed by atoms with Crippen molar-refractivity contribution in [2.45, 2.75) is 162 Å². The van der Waals surface area contributed by atoms with Gasteiger partial charge in [0.1, 0.15) is 0 Å². The molecular weight excluding hydrogens is 372 g/mol. The van der Waals surface area contributed by atoms with Crippen molar-refractivity contribution in [2.75, 3.05) is 0 Å². The second kappa shape index (κ2) is 21.1. The van der Waals surface area contributed by atoms with Crippen molar-refractivity contribution >= 4 is 0 Å². The predicted octanol–water partition coefficient (Wildman–Crippen LogP) is 10.9. The third kappa shape index (κ3) is 15.6. The Balaban J connectivity index is 2.07. The molecule has 0 saturated carbocycles. The van der Waals surface area contributed by atoms with Crippen LogP contribution in [0.3, 0.4) is 0 Å². The van der Waals surface area contributed by atoms with Crippen LogP contribution in [0.5, 0.6) is 0 Å². The largest absolute Gasteiger partial charge is 0.0654 e. The van der Waals surface area contributed by atoms with E-state index in [1.807, 2.05) is 0 Å². The van der Waals surface area contributed by atoms with Crippen LogP contribution in [0.15, 0.2) is 18.2 Å². The molecule has 180 valence electrons. The number of hydrogen-bond acceptors (Lipinski definition) is 0. The summed E-state index contributed by atoms with van der Waals surface area (Å²) in [4.78, 5) is 0. The molecular formula is C31H56. The number of hydrogen-bond donors (Lipinski definition) is 0. The molecule has 0 atom stereocenters. The highest BCUT2D eigenvalue weighted by atomic mass is 14.1. The molecule has 0 unspecified atom stereocenters. The summed E-state index contributed by atoms with van der Waals surface area (Å²) in [6.45, 7) is 6.97. The topological polar surface area (TPSA) is 0 Å². The lowest BCUT2D eigenvalue weighted by Gasteiger charge is -2.12. The molecule has 0 amide bonds. The normalized spacial score (nSPS) is 11.3. The standard InChI is InChI=1S/C31H56/c1-4-6-8-10-12-14-16-18-20-22-25-30-27-24-28-31(29(30)3)26-23-21-19-17-15-13-11-9-7-5-2/h24,27-28H,4-23,25-26H2,1-3H3. The molecule has 0 N–H and O–H groups in total. The molecule has 0 aliphatic heterocycles. The summed E-state index contributed by atoms with van der Waals surface area (Å²) in [7, 11) is 0. The van der Waals surface area contributed by atoms with Crippen LogP contribution in [0.2, 0.25) is 0 Å². The maximum absolute atomic E-state index is 2.38. The summed E-state index contributed by atoms with van der Waals surface area (Å²) >= 11 is 0. The van der Waals surface area contributed by atoms with Crippen molar-refractivity contribution in [1.29, 1.82) is 0 Å². The van der Waals surface area contributed by atoms with Crippen LogP contribution in [-0.4, -0.2) is 0 Å². The van der Waals surface area contributed by atoms with Crippen molar-refractivity contribution in [3.8, 4) is 0 Å². The van der Waals surface area contributed by atoms with Gasteiger partial charge in [-0.05, 0) is 49.3 Å². The van der Waals surface area contributed by atoms with Gasteiger partial charge in [0.05, 0.1) is 0 Å². The molecule has 0 radical (unpaired) electrons. The molecule has 0 spiro atoms. The Hall–Kier alpha value is -0.780. The van der Waals surface area contributed by atoms with Crippen LogP contribution in [0.4, 0.5) is 0 Å². The number of rotatable bonds is 22. The molecule has 0 aliphatic rings. The SMILES string of the molecule is CCCCCCCCCCCCc1cccc(CCCCCCCCCCCC)c1C. The van der Waals surface area contributed by atoms with E-state index < -0.39 is 0 Å². The number of benzene rings is 1. The van der Waals surface area contributed by atoms with E-state index in [1.54, 1.807) is 16.7 Å². The van der Waals surface area contributed by atoms with Gasteiger partial charge in [-0.1, -0.05) is 148 Å². The molecule has 0 nitrogen and oxygen atoms in total. The Morgan fingerprint density at radius 1 is 0.419 bits per heavy atom. The first-order valence-corrected chi connectivity index (χ1v) is 14.4. The van der Waals surface area contributed by atoms with E-state index in [4.69, 9.17) is 0 Å². The van der Waals surface area contributed by atoms with Crippen molar-refractivity contribution in [3.05, 3.63) is 34.9 Å². The van der Waals surface area contributed by atoms with E-state index in [-0.39, 0.29) is 0 Å². The van der Waals surface area contributed by atoms with Gasteiger partial charge in [0.25, 0.3) is 0 Å². The van der Waals surface area contributed by atoms with Crippen LogP contribution in [0, 0.1) is 6.92 Å². The highest BCUT2D eigenvalue weighted by Gasteiger charge is 2.04. The van der Waals surface area contributed by atoms with Gasteiger partial charge >= 0.3 is 0 Å². The van der Waals surface area contributed by atoms with E-state index in [2.05, 4.69) is 39.0 Å². The number of aryl methyl sites for hydroxylation is 2. The van der Waals surface area contributed by atoms with Crippen molar-refractivity contribution in [2.24, 2.45) is 0 Å².